The molecule has 0 bridgehead atoms. The fraction of sp³-hybridized carbons (Fsp3) is 0.0175. The molecule has 274 valence electrons. The third-order valence-electron chi connectivity index (χ3n) is 13.0. The summed E-state index contributed by atoms with van der Waals surface area (Å²) in [6, 6.07) is 75.2. The Morgan fingerprint density at radius 2 is 0.966 bits per heavy atom. The highest BCUT2D eigenvalue weighted by Gasteiger charge is 2.47. The molecule has 2 nitrogen and oxygen atoms in total. The number of hydrogen-bond acceptors (Lipinski definition) is 2. The fourth-order valence-electron chi connectivity index (χ4n) is 10.4. The van der Waals surface area contributed by atoms with Crippen LogP contribution < -0.4 is 4.74 Å². The van der Waals surface area contributed by atoms with Gasteiger partial charge in [-0.2, -0.15) is 0 Å². The smallest absolute Gasteiger partial charge is 0.136 e. The van der Waals surface area contributed by atoms with E-state index in [1.54, 1.807) is 0 Å². The summed E-state index contributed by atoms with van der Waals surface area (Å²) < 4.78 is 12.9. The summed E-state index contributed by atoms with van der Waals surface area (Å²) in [6.07, 6.45) is 0. The molecule has 1 aliphatic carbocycles. The van der Waals surface area contributed by atoms with Crippen molar-refractivity contribution in [2.24, 2.45) is 0 Å². The standard InChI is InChI=1S/C57H34O2/c1-3-14-39(15-4-1)57(40-16-5-2-6-17-40)49-29-25-36(37-26-31-52-47(32-37)46-20-9-12-35-13-10-23-53(58-52)55(35)46)33-48(49)56-45-21-11-19-41(42(45)28-30-50(56)57)38-24-27-44-43-18-7-8-22-51(43)59-54(44)34-38/h1-34H. The first-order valence-electron chi connectivity index (χ1n) is 20.3. The quantitative estimate of drug-likeness (QED) is 0.179. The molecule has 1 aromatic heterocycles. The van der Waals surface area contributed by atoms with Gasteiger partial charge in [0.15, 0.2) is 0 Å². The van der Waals surface area contributed by atoms with Crippen LogP contribution in [0.5, 0.6) is 11.5 Å². The van der Waals surface area contributed by atoms with Crippen LogP contribution in [0.25, 0.3) is 88.0 Å². The van der Waals surface area contributed by atoms with Crippen molar-refractivity contribution in [1.29, 1.82) is 0 Å². The van der Waals surface area contributed by atoms with Gasteiger partial charge in [0.1, 0.15) is 22.7 Å². The third kappa shape index (κ3) is 4.51. The summed E-state index contributed by atoms with van der Waals surface area (Å²) in [6.45, 7) is 0. The number of fused-ring (bicyclic) bond motifs is 10. The van der Waals surface area contributed by atoms with Gasteiger partial charge in [-0.05, 0) is 120 Å². The van der Waals surface area contributed by atoms with Crippen LogP contribution >= 0.6 is 0 Å². The van der Waals surface area contributed by atoms with Crippen LogP contribution in [0, 0.1) is 0 Å². The van der Waals surface area contributed by atoms with Crippen molar-refractivity contribution in [2.45, 2.75) is 5.41 Å². The molecule has 0 atom stereocenters. The van der Waals surface area contributed by atoms with Gasteiger partial charge in [-0.25, -0.2) is 0 Å². The molecular weight excluding hydrogens is 717 g/mol. The van der Waals surface area contributed by atoms with E-state index in [4.69, 9.17) is 9.15 Å². The van der Waals surface area contributed by atoms with Crippen molar-refractivity contribution >= 4 is 43.5 Å². The number of ether oxygens (including phenoxy) is 1. The zero-order chi connectivity index (χ0) is 38.7. The fourth-order valence-corrected chi connectivity index (χ4v) is 10.4. The summed E-state index contributed by atoms with van der Waals surface area (Å²) in [5.41, 5.74) is 15.9. The number of para-hydroxylation sites is 1. The number of furan rings is 1. The first kappa shape index (κ1) is 32.4. The Kier molecular flexibility index (Phi) is 6.68. The van der Waals surface area contributed by atoms with Crippen LogP contribution in [0.3, 0.4) is 0 Å². The molecule has 2 heteroatoms. The molecule has 11 aromatic rings. The number of benzene rings is 10. The molecule has 0 fully saturated rings. The molecule has 0 saturated carbocycles. The van der Waals surface area contributed by atoms with Gasteiger partial charge >= 0.3 is 0 Å². The van der Waals surface area contributed by atoms with Gasteiger partial charge in [0.05, 0.1) is 5.41 Å². The predicted octanol–water partition coefficient (Wildman–Crippen LogP) is 15.4. The third-order valence-corrected chi connectivity index (χ3v) is 13.0. The van der Waals surface area contributed by atoms with Gasteiger partial charge in [-0.1, -0.05) is 164 Å². The van der Waals surface area contributed by atoms with Crippen molar-refractivity contribution in [1.82, 2.24) is 0 Å². The minimum absolute atomic E-state index is 0.522. The Bertz CT molecular complexity index is 3480. The van der Waals surface area contributed by atoms with Gasteiger partial charge in [0.2, 0.25) is 0 Å². The lowest BCUT2D eigenvalue weighted by Crippen LogP contribution is -2.28. The Balaban J connectivity index is 1.06. The maximum Gasteiger partial charge on any atom is 0.136 e. The number of rotatable bonds is 4. The van der Waals surface area contributed by atoms with Gasteiger partial charge < -0.3 is 9.15 Å². The van der Waals surface area contributed by atoms with E-state index >= 15 is 0 Å². The first-order chi connectivity index (χ1) is 29.2. The second-order valence-electron chi connectivity index (χ2n) is 15.9. The zero-order valence-corrected chi connectivity index (χ0v) is 31.9. The maximum absolute atomic E-state index is 6.52. The molecule has 0 unspecified atom stereocenters. The Hall–Kier alpha value is -7.68. The van der Waals surface area contributed by atoms with Crippen LogP contribution in [0.15, 0.2) is 211 Å². The second-order valence-corrected chi connectivity index (χ2v) is 15.9. The average molecular weight is 751 g/mol. The van der Waals surface area contributed by atoms with Crippen molar-refractivity contribution in [2.75, 3.05) is 0 Å². The number of hydrogen-bond donors (Lipinski definition) is 0. The minimum Gasteiger partial charge on any atom is -0.456 e. The molecule has 0 N–H and O–H groups in total. The van der Waals surface area contributed by atoms with E-state index in [1.807, 2.05) is 12.1 Å². The Morgan fingerprint density at radius 3 is 1.80 bits per heavy atom. The van der Waals surface area contributed by atoms with Crippen molar-refractivity contribution in [3.8, 4) is 56.0 Å². The first-order valence-corrected chi connectivity index (χ1v) is 20.3. The van der Waals surface area contributed by atoms with Gasteiger partial charge in [0.25, 0.3) is 0 Å². The molecule has 59 heavy (non-hydrogen) atoms. The second kappa shape index (κ2) is 12.2. The lowest BCUT2D eigenvalue weighted by Gasteiger charge is -2.34. The normalized spacial score (nSPS) is 13.4. The van der Waals surface area contributed by atoms with Crippen molar-refractivity contribution in [3.05, 3.63) is 229 Å². The molecular formula is C57H34O2. The molecule has 0 spiro atoms. The van der Waals surface area contributed by atoms with Crippen LogP contribution in [0.2, 0.25) is 0 Å². The van der Waals surface area contributed by atoms with Crippen molar-refractivity contribution < 1.29 is 9.15 Å². The lowest BCUT2D eigenvalue weighted by atomic mass is 9.67. The Morgan fingerprint density at radius 1 is 0.339 bits per heavy atom. The molecule has 10 aromatic carbocycles. The largest absolute Gasteiger partial charge is 0.456 e. The van der Waals surface area contributed by atoms with E-state index in [2.05, 4.69) is 194 Å². The van der Waals surface area contributed by atoms with Crippen LogP contribution in [0.1, 0.15) is 22.3 Å². The molecule has 0 radical (unpaired) electrons. The molecule has 2 aliphatic rings. The SMILES string of the molecule is c1ccc(C2(c3ccccc3)c3ccc(-c4ccc5c(c4)-c4cccc6cccc(c46)O5)cc3-c3c2ccc2c(-c4ccc5c(c4)oc4ccccc45)cccc32)cc1. The summed E-state index contributed by atoms with van der Waals surface area (Å²) >= 11 is 0. The molecule has 13 rings (SSSR count). The van der Waals surface area contributed by atoms with Gasteiger partial charge in [0, 0.05) is 21.7 Å². The van der Waals surface area contributed by atoms with E-state index in [0.29, 0.717) is 0 Å². The van der Waals surface area contributed by atoms with E-state index in [1.165, 1.54) is 71.6 Å². The zero-order valence-electron chi connectivity index (χ0n) is 31.9. The van der Waals surface area contributed by atoms with Gasteiger partial charge in [-0.3, -0.25) is 0 Å². The summed E-state index contributed by atoms with van der Waals surface area (Å²) in [5, 5.41) is 7.08. The van der Waals surface area contributed by atoms with E-state index in [-0.39, 0.29) is 0 Å². The molecule has 2 heterocycles. The van der Waals surface area contributed by atoms with Crippen LogP contribution in [0.4, 0.5) is 0 Å². The van der Waals surface area contributed by atoms with Crippen molar-refractivity contribution in [3.63, 3.8) is 0 Å². The van der Waals surface area contributed by atoms with E-state index in [0.717, 1.165) is 50.1 Å². The highest BCUT2D eigenvalue weighted by molar-refractivity contribution is 6.11. The topological polar surface area (TPSA) is 22.4 Å². The Labute approximate surface area is 341 Å². The van der Waals surface area contributed by atoms with E-state index < -0.39 is 5.41 Å². The van der Waals surface area contributed by atoms with E-state index in [9.17, 15) is 0 Å². The molecule has 0 amide bonds. The molecule has 0 saturated heterocycles. The average Bonchev–Trinajstić information content (AvgIpc) is 3.83. The highest BCUT2D eigenvalue weighted by Crippen LogP contribution is 2.59. The summed E-state index contributed by atoms with van der Waals surface area (Å²) in [5.74, 6) is 1.80. The van der Waals surface area contributed by atoms with Gasteiger partial charge in [-0.15, -0.1) is 0 Å². The van der Waals surface area contributed by atoms with Crippen LogP contribution in [-0.4, -0.2) is 0 Å². The molecule has 1 aliphatic heterocycles. The highest BCUT2D eigenvalue weighted by atomic mass is 16.5. The lowest BCUT2D eigenvalue weighted by molar-refractivity contribution is 0.487. The summed E-state index contributed by atoms with van der Waals surface area (Å²) in [4.78, 5) is 0. The van der Waals surface area contributed by atoms with Crippen LogP contribution in [-0.2, 0) is 5.41 Å². The summed E-state index contributed by atoms with van der Waals surface area (Å²) in [7, 11) is 0. The predicted molar refractivity (Wildman–Crippen MR) is 242 cm³/mol. The monoisotopic (exact) mass is 750 g/mol. The maximum atomic E-state index is 6.52. The minimum atomic E-state index is -0.522.